The van der Waals surface area contributed by atoms with E-state index in [9.17, 15) is 14.4 Å². The van der Waals surface area contributed by atoms with Gasteiger partial charge >= 0.3 is 0 Å². The van der Waals surface area contributed by atoms with E-state index in [1.165, 1.54) is 24.2 Å². The van der Waals surface area contributed by atoms with Gasteiger partial charge in [-0.15, -0.1) is 11.3 Å². The molecule has 2 aliphatic rings. The smallest absolute Gasteiger partial charge is 0.257 e. The molecule has 0 bridgehead atoms. The van der Waals surface area contributed by atoms with Crippen LogP contribution in [0, 0.1) is 0 Å². The zero-order valence-corrected chi connectivity index (χ0v) is 19.3. The van der Waals surface area contributed by atoms with Crippen LogP contribution in [0.25, 0.3) is 0 Å². The molecule has 0 radical (unpaired) electrons. The van der Waals surface area contributed by atoms with E-state index in [2.05, 4.69) is 15.2 Å². The molecule has 3 amide bonds. The number of anilines is 1. The number of nitrogens with one attached hydrogen (secondary N) is 1. The fraction of sp³-hybridized carbons (Fsp3) is 0.455. The predicted molar refractivity (Wildman–Crippen MR) is 124 cm³/mol. The molecule has 10 heteroatoms. The highest BCUT2D eigenvalue weighted by atomic mass is 35.5. The van der Waals surface area contributed by atoms with E-state index in [0.29, 0.717) is 54.1 Å². The van der Waals surface area contributed by atoms with Crippen molar-refractivity contribution in [2.45, 2.75) is 19.3 Å². The minimum atomic E-state index is -0.274. The molecule has 3 heterocycles. The number of hydrogen-bond acceptors (Lipinski definition) is 6. The summed E-state index contributed by atoms with van der Waals surface area (Å²) in [5.74, 6) is -0.138. The maximum absolute atomic E-state index is 12.7. The molecule has 2 saturated heterocycles. The van der Waals surface area contributed by atoms with Gasteiger partial charge in [-0.2, -0.15) is 0 Å². The van der Waals surface area contributed by atoms with Crippen LogP contribution >= 0.6 is 22.9 Å². The van der Waals surface area contributed by atoms with Crippen LogP contribution in [0.15, 0.2) is 29.6 Å². The van der Waals surface area contributed by atoms with Crippen molar-refractivity contribution < 1.29 is 14.4 Å². The Labute approximate surface area is 196 Å². The second-order valence-corrected chi connectivity index (χ2v) is 9.32. The van der Waals surface area contributed by atoms with Crippen molar-refractivity contribution in [1.29, 1.82) is 0 Å². The van der Waals surface area contributed by atoms with Crippen molar-refractivity contribution in [3.8, 4) is 0 Å². The number of carbonyl (C=O) groups excluding carboxylic acids is 3. The molecule has 32 heavy (non-hydrogen) atoms. The summed E-state index contributed by atoms with van der Waals surface area (Å²) in [5.41, 5.74) is 1.11. The zero-order valence-electron chi connectivity index (χ0n) is 17.8. The molecular weight excluding hydrogens is 450 g/mol. The molecule has 4 rings (SSSR count). The molecule has 1 aromatic carbocycles. The molecule has 1 N–H and O–H groups in total. The summed E-state index contributed by atoms with van der Waals surface area (Å²) < 4.78 is 0. The Morgan fingerprint density at radius 3 is 2.22 bits per heavy atom. The molecule has 170 valence electrons. The Balaban J connectivity index is 1.23. The number of likely N-dealkylation sites (tertiary alicyclic amines) is 1. The van der Waals surface area contributed by atoms with Crippen LogP contribution in [-0.4, -0.2) is 83.2 Å². The maximum Gasteiger partial charge on any atom is 0.257 e. The summed E-state index contributed by atoms with van der Waals surface area (Å²) in [6.45, 7) is 4.69. The third kappa shape index (κ3) is 5.85. The summed E-state index contributed by atoms with van der Waals surface area (Å²) in [5, 5.41) is 5.55. The number of aromatic nitrogens is 1. The molecule has 0 aliphatic carbocycles. The highest BCUT2D eigenvalue weighted by Crippen LogP contribution is 2.19. The van der Waals surface area contributed by atoms with Gasteiger partial charge in [0, 0.05) is 42.1 Å². The first-order chi connectivity index (χ1) is 15.5. The number of rotatable bonds is 6. The second kappa shape index (κ2) is 10.4. The van der Waals surface area contributed by atoms with Gasteiger partial charge in [0.05, 0.1) is 18.7 Å². The Hall–Kier alpha value is -2.49. The number of hydrogen-bond donors (Lipinski definition) is 1. The Morgan fingerprint density at radius 2 is 1.56 bits per heavy atom. The number of carbonyl (C=O) groups is 3. The molecule has 1 aromatic heterocycles. The minimum absolute atomic E-state index is 0.0162. The highest BCUT2D eigenvalue weighted by Gasteiger charge is 2.26. The van der Waals surface area contributed by atoms with Crippen LogP contribution in [-0.2, 0) is 16.0 Å². The molecule has 2 aliphatic heterocycles. The van der Waals surface area contributed by atoms with E-state index in [4.69, 9.17) is 11.6 Å². The standard InChI is InChI=1S/C22H26ClN5O3S/c23-17-5-3-16(4-6-17)21(31)25-22-24-18(15-32-22)13-19(29)27-9-11-28(12-10-27)20(30)14-26-7-1-2-8-26/h3-6,15H,1-2,7-14H2,(H,24,25,31). The maximum atomic E-state index is 12.7. The average Bonchev–Trinajstić information content (AvgIpc) is 3.46. The Bertz CT molecular complexity index is 966. The van der Waals surface area contributed by atoms with Gasteiger partial charge in [0.25, 0.3) is 5.91 Å². The van der Waals surface area contributed by atoms with Crippen LogP contribution in [0.3, 0.4) is 0 Å². The summed E-state index contributed by atoms with van der Waals surface area (Å²) >= 11 is 7.14. The van der Waals surface area contributed by atoms with Crippen LogP contribution in [0.5, 0.6) is 0 Å². The largest absolute Gasteiger partial charge is 0.339 e. The molecule has 0 spiro atoms. The number of amides is 3. The fourth-order valence-electron chi connectivity index (χ4n) is 3.92. The number of benzene rings is 1. The zero-order chi connectivity index (χ0) is 22.5. The summed E-state index contributed by atoms with van der Waals surface area (Å²) in [6.07, 6.45) is 2.51. The number of piperazine rings is 1. The van der Waals surface area contributed by atoms with E-state index < -0.39 is 0 Å². The van der Waals surface area contributed by atoms with Crippen molar-refractivity contribution in [2.75, 3.05) is 51.1 Å². The second-order valence-electron chi connectivity index (χ2n) is 8.03. The summed E-state index contributed by atoms with van der Waals surface area (Å²) in [6, 6.07) is 6.60. The molecule has 0 saturated carbocycles. The monoisotopic (exact) mass is 475 g/mol. The van der Waals surface area contributed by atoms with E-state index in [-0.39, 0.29) is 24.1 Å². The lowest BCUT2D eigenvalue weighted by molar-refractivity contribution is -0.139. The van der Waals surface area contributed by atoms with Gasteiger partial charge in [0.1, 0.15) is 0 Å². The van der Waals surface area contributed by atoms with Crippen molar-refractivity contribution >= 4 is 45.8 Å². The van der Waals surface area contributed by atoms with Crippen LogP contribution in [0.4, 0.5) is 5.13 Å². The molecule has 2 aromatic rings. The number of nitrogens with zero attached hydrogens (tertiary/aromatic N) is 4. The van der Waals surface area contributed by atoms with Crippen molar-refractivity contribution in [2.24, 2.45) is 0 Å². The third-order valence-corrected chi connectivity index (χ3v) is 6.81. The Morgan fingerprint density at radius 1 is 0.938 bits per heavy atom. The molecular formula is C22H26ClN5O3S. The van der Waals surface area contributed by atoms with Gasteiger partial charge < -0.3 is 9.80 Å². The number of halogens is 1. The van der Waals surface area contributed by atoms with Gasteiger partial charge in [0.15, 0.2) is 5.13 Å². The van der Waals surface area contributed by atoms with Crippen LogP contribution in [0.2, 0.25) is 5.02 Å². The normalized spacial score (nSPS) is 16.9. The highest BCUT2D eigenvalue weighted by molar-refractivity contribution is 7.14. The average molecular weight is 476 g/mol. The van der Waals surface area contributed by atoms with E-state index in [1.807, 2.05) is 4.90 Å². The van der Waals surface area contributed by atoms with Gasteiger partial charge in [-0.05, 0) is 50.2 Å². The van der Waals surface area contributed by atoms with Crippen molar-refractivity contribution in [1.82, 2.24) is 19.7 Å². The van der Waals surface area contributed by atoms with Gasteiger partial charge in [-0.3, -0.25) is 24.6 Å². The third-order valence-electron chi connectivity index (χ3n) is 5.75. The van der Waals surface area contributed by atoms with Crippen LogP contribution in [0.1, 0.15) is 28.9 Å². The lowest BCUT2D eigenvalue weighted by Crippen LogP contribution is -2.52. The van der Waals surface area contributed by atoms with Crippen LogP contribution < -0.4 is 5.32 Å². The molecule has 2 fully saturated rings. The van der Waals surface area contributed by atoms with Gasteiger partial charge in [-0.1, -0.05) is 11.6 Å². The van der Waals surface area contributed by atoms with E-state index in [1.54, 1.807) is 34.5 Å². The van der Waals surface area contributed by atoms with Gasteiger partial charge in [-0.25, -0.2) is 4.98 Å². The SMILES string of the molecule is O=C(Nc1nc(CC(=O)N2CCN(C(=O)CN3CCCC3)CC2)cs1)c1ccc(Cl)cc1. The summed E-state index contributed by atoms with van der Waals surface area (Å²) in [4.78, 5) is 47.7. The number of thiazole rings is 1. The lowest BCUT2D eigenvalue weighted by atomic mass is 10.2. The molecule has 8 nitrogen and oxygen atoms in total. The van der Waals surface area contributed by atoms with Crippen molar-refractivity contribution in [3.05, 3.63) is 45.9 Å². The van der Waals surface area contributed by atoms with Gasteiger partial charge in [0.2, 0.25) is 11.8 Å². The fourth-order valence-corrected chi connectivity index (χ4v) is 4.75. The van der Waals surface area contributed by atoms with Crippen molar-refractivity contribution in [3.63, 3.8) is 0 Å². The first-order valence-electron chi connectivity index (χ1n) is 10.8. The predicted octanol–water partition coefficient (Wildman–Crippen LogP) is 2.36. The topological polar surface area (TPSA) is 85.9 Å². The minimum Gasteiger partial charge on any atom is -0.339 e. The Kier molecular flexibility index (Phi) is 7.39. The summed E-state index contributed by atoms with van der Waals surface area (Å²) in [7, 11) is 0. The van der Waals surface area contributed by atoms with E-state index >= 15 is 0 Å². The van der Waals surface area contributed by atoms with E-state index in [0.717, 1.165) is 13.1 Å². The molecule has 0 unspecified atom stereocenters. The molecule has 0 atom stereocenters. The quantitative estimate of drug-likeness (QED) is 0.693. The first kappa shape index (κ1) is 22.7. The lowest BCUT2D eigenvalue weighted by Gasteiger charge is -2.35. The first-order valence-corrected chi connectivity index (χ1v) is 12.0.